The molecule has 2 rings (SSSR count). The number of carboxylic acids is 1. The Labute approximate surface area is 95.9 Å². The molecule has 1 N–H and O–H groups in total. The topological polar surface area (TPSA) is 64.3 Å². The summed E-state index contributed by atoms with van der Waals surface area (Å²) < 4.78 is 0. The highest BCUT2D eigenvalue weighted by Gasteiger charge is 2.38. The maximum atomic E-state index is 11.0. The number of carbonyl (C=O) groups is 1. The van der Waals surface area contributed by atoms with Crippen molar-refractivity contribution in [2.24, 2.45) is 5.92 Å². The van der Waals surface area contributed by atoms with E-state index in [2.05, 4.69) is 6.19 Å². The Bertz CT molecular complexity index is 305. The van der Waals surface area contributed by atoms with Gasteiger partial charge in [0.05, 0.1) is 0 Å². The molecule has 4 heteroatoms. The Morgan fingerprint density at radius 2 is 2.00 bits per heavy atom. The number of hydrogen-bond acceptors (Lipinski definition) is 3. The highest BCUT2D eigenvalue weighted by Crippen LogP contribution is 2.34. The Kier molecular flexibility index (Phi) is 3.33. The maximum absolute atomic E-state index is 11.0. The lowest BCUT2D eigenvalue weighted by Gasteiger charge is -2.24. The minimum Gasteiger partial charge on any atom is -0.480 e. The molecule has 2 unspecified atom stereocenters. The molecule has 16 heavy (non-hydrogen) atoms. The second-order valence-electron chi connectivity index (χ2n) is 4.98. The molecule has 1 aliphatic carbocycles. The van der Waals surface area contributed by atoms with Gasteiger partial charge >= 0.3 is 5.97 Å². The van der Waals surface area contributed by atoms with Crippen LogP contribution < -0.4 is 0 Å². The first-order valence-electron chi connectivity index (χ1n) is 6.13. The minimum absolute atomic E-state index is 0.175. The van der Waals surface area contributed by atoms with Crippen molar-refractivity contribution in [2.75, 3.05) is 0 Å². The smallest absolute Gasteiger partial charge is 0.327 e. The van der Waals surface area contributed by atoms with Crippen molar-refractivity contribution in [3.8, 4) is 6.19 Å². The maximum Gasteiger partial charge on any atom is 0.327 e. The molecule has 4 nitrogen and oxygen atoms in total. The van der Waals surface area contributed by atoms with Crippen molar-refractivity contribution in [2.45, 2.75) is 57.0 Å². The Hall–Kier alpha value is -1.24. The van der Waals surface area contributed by atoms with Crippen molar-refractivity contribution in [3.63, 3.8) is 0 Å². The molecule has 0 radical (unpaired) electrons. The average Bonchev–Trinajstić information content (AvgIpc) is 2.87. The molecule has 0 bridgehead atoms. The van der Waals surface area contributed by atoms with Gasteiger partial charge in [-0.15, -0.1) is 0 Å². The van der Waals surface area contributed by atoms with Gasteiger partial charge in [0.2, 0.25) is 0 Å². The molecule has 88 valence electrons. The fraction of sp³-hybridized carbons (Fsp3) is 0.833. The van der Waals surface area contributed by atoms with E-state index in [0.717, 1.165) is 12.8 Å². The van der Waals surface area contributed by atoms with E-state index in [1.165, 1.54) is 30.6 Å². The molecule has 1 aliphatic heterocycles. The van der Waals surface area contributed by atoms with E-state index >= 15 is 0 Å². The molecule has 2 fully saturated rings. The standard InChI is InChI=1S/C12H18N2O2/c13-8-14-10(5-6-11(14)12(15)16)7-9-3-1-2-4-9/h9-11H,1-7H2,(H,15,16). The van der Waals surface area contributed by atoms with E-state index < -0.39 is 12.0 Å². The van der Waals surface area contributed by atoms with Crippen molar-refractivity contribution in [3.05, 3.63) is 0 Å². The summed E-state index contributed by atoms with van der Waals surface area (Å²) in [5.74, 6) is -0.135. The normalized spacial score (nSPS) is 30.6. The van der Waals surface area contributed by atoms with Crippen molar-refractivity contribution in [1.29, 1.82) is 5.26 Å². The summed E-state index contributed by atoms with van der Waals surface area (Å²) in [6.07, 6.45) is 9.68. The number of likely N-dealkylation sites (tertiary alicyclic amines) is 1. The van der Waals surface area contributed by atoms with Crippen LogP contribution in [0.15, 0.2) is 0 Å². The number of nitriles is 1. The fourth-order valence-corrected chi connectivity index (χ4v) is 3.14. The molecular formula is C12H18N2O2. The Morgan fingerprint density at radius 1 is 1.31 bits per heavy atom. The summed E-state index contributed by atoms with van der Waals surface area (Å²) in [5, 5.41) is 18.0. The van der Waals surface area contributed by atoms with Crippen LogP contribution in [0.25, 0.3) is 0 Å². The second-order valence-corrected chi connectivity index (χ2v) is 4.98. The van der Waals surface area contributed by atoms with Gasteiger partial charge in [0.15, 0.2) is 6.19 Å². The van der Waals surface area contributed by atoms with E-state index in [1.54, 1.807) is 0 Å². The lowest BCUT2D eigenvalue weighted by atomic mass is 9.97. The molecule has 1 saturated carbocycles. The predicted octanol–water partition coefficient (Wildman–Crippen LogP) is 1.97. The van der Waals surface area contributed by atoms with Gasteiger partial charge in [-0.2, -0.15) is 5.26 Å². The highest BCUT2D eigenvalue weighted by atomic mass is 16.4. The molecule has 0 spiro atoms. The van der Waals surface area contributed by atoms with Gasteiger partial charge in [0.1, 0.15) is 6.04 Å². The Balaban J connectivity index is 1.95. The van der Waals surface area contributed by atoms with E-state index in [0.29, 0.717) is 12.3 Å². The number of carboxylic acid groups (broad SMARTS) is 1. The number of rotatable bonds is 3. The molecule has 2 atom stereocenters. The van der Waals surface area contributed by atoms with E-state index in [1.807, 2.05) is 0 Å². The van der Waals surface area contributed by atoms with Crippen molar-refractivity contribution in [1.82, 2.24) is 4.90 Å². The minimum atomic E-state index is -0.851. The van der Waals surface area contributed by atoms with Crippen LogP contribution >= 0.6 is 0 Å². The zero-order valence-corrected chi connectivity index (χ0v) is 9.43. The van der Waals surface area contributed by atoms with Crippen LogP contribution in [0.3, 0.4) is 0 Å². The van der Waals surface area contributed by atoms with Gasteiger partial charge in [0.25, 0.3) is 0 Å². The summed E-state index contributed by atoms with van der Waals surface area (Å²) in [4.78, 5) is 12.5. The van der Waals surface area contributed by atoms with Gasteiger partial charge in [-0.1, -0.05) is 25.7 Å². The van der Waals surface area contributed by atoms with Crippen LogP contribution in [0, 0.1) is 17.4 Å². The lowest BCUT2D eigenvalue weighted by Crippen LogP contribution is -2.37. The first kappa shape index (κ1) is 11.3. The SMILES string of the molecule is N#CN1C(CC2CCCC2)CCC1C(=O)O. The van der Waals surface area contributed by atoms with Crippen LogP contribution in [-0.4, -0.2) is 28.1 Å². The zero-order chi connectivity index (χ0) is 11.5. The number of hydrogen-bond donors (Lipinski definition) is 1. The van der Waals surface area contributed by atoms with E-state index in [-0.39, 0.29) is 6.04 Å². The van der Waals surface area contributed by atoms with Gasteiger partial charge in [-0.25, -0.2) is 4.79 Å². The summed E-state index contributed by atoms with van der Waals surface area (Å²) in [5.41, 5.74) is 0. The fourth-order valence-electron chi connectivity index (χ4n) is 3.14. The van der Waals surface area contributed by atoms with Gasteiger partial charge in [-0.3, -0.25) is 4.90 Å². The van der Waals surface area contributed by atoms with Crippen LogP contribution in [0.2, 0.25) is 0 Å². The summed E-state index contributed by atoms with van der Waals surface area (Å²) in [7, 11) is 0. The molecule has 0 aromatic carbocycles. The molecule has 0 aromatic heterocycles. The first-order chi connectivity index (χ1) is 7.72. The second kappa shape index (κ2) is 4.73. The molecule has 2 aliphatic rings. The third-order valence-corrected chi connectivity index (χ3v) is 3.98. The molecular weight excluding hydrogens is 204 g/mol. The third kappa shape index (κ3) is 2.13. The largest absolute Gasteiger partial charge is 0.480 e. The Morgan fingerprint density at radius 3 is 2.56 bits per heavy atom. The van der Waals surface area contributed by atoms with Crippen LogP contribution in [0.1, 0.15) is 44.9 Å². The van der Waals surface area contributed by atoms with Crippen molar-refractivity contribution >= 4 is 5.97 Å². The molecule has 1 saturated heterocycles. The van der Waals surface area contributed by atoms with E-state index in [9.17, 15) is 4.79 Å². The summed E-state index contributed by atoms with van der Waals surface area (Å²) >= 11 is 0. The van der Waals surface area contributed by atoms with E-state index in [4.69, 9.17) is 10.4 Å². The van der Waals surface area contributed by atoms with Gasteiger partial charge in [0, 0.05) is 6.04 Å². The first-order valence-corrected chi connectivity index (χ1v) is 6.13. The number of aliphatic carboxylic acids is 1. The highest BCUT2D eigenvalue weighted by molar-refractivity contribution is 5.74. The van der Waals surface area contributed by atoms with Gasteiger partial charge in [-0.05, 0) is 25.2 Å². The molecule has 1 heterocycles. The summed E-state index contributed by atoms with van der Waals surface area (Å²) in [6.45, 7) is 0. The molecule has 0 aromatic rings. The van der Waals surface area contributed by atoms with Crippen LogP contribution in [0.4, 0.5) is 0 Å². The zero-order valence-electron chi connectivity index (χ0n) is 9.43. The monoisotopic (exact) mass is 222 g/mol. The lowest BCUT2D eigenvalue weighted by molar-refractivity contribution is -0.141. The predicted molar refractivity (Wildman–Crippen MR) is 58.5 cm³/mol. The molecule has 0 amide bonds. The quantitative estimate of drug-likeness (QED) is 0.741. The summed E-state index contributed by atoms with van der Waals surface area (Å²) in [6, 6.07) is -0.398. The average molecular weight is 222 g/mol. The van der Waals surface area contributed by atoms with Crippen LogP contribution in [0.5, 0.6) is 0 Å². The third-order valence-electron chi connectivity index (χ3n) is 3.98. The number of nitrogens with zero attached hydrogens (tertiary/aromatic N) is 2. The van der Waals surface area contributed by atoms with Gasteiger partial charge < -0.3 is 5.11 Å². The van der Waals surface area contributed by atoms with Crippen LogP contribution in [-0.2, 0) is 4.79 Å². The van der Waals surface area contributed by atoms with Crippen molar-refractivity contribution < 1.29 is 9.90 Å².